The van der Waals surface area contributed by atoms with E-state index in [4.69, 9.17) is 0 Å². The molecular weight excluding hydrogens is 320 g/mol. The number of thiophene rings is 1. The quantitative estimate of drug-likeness (QED) is 0.855. The third kappa shape index (κ3) is 3.93. The summed E-state index contributed by atoms with van der Waals surface area (Å²) in [6.45, 7) is 3.70. The molecule has 6 heteroatoms. The van der Waals surface area contributed by atoms with Gasteiger partial charge in [-0.15, -0.1) is 16.4 Å². The molecule has 128 valence electrons. The molecular formula is C18H24N4OS. The van der Waals surface area contributed by atoms with Crippen LogP contribution in [0.15, 0.2) is 23.6 Å². The van der Waals surface area contributed by atoms with Crippen molar-refractivity contribution < 1.29 is 4.79 Å². The minimum absolute atomic E-state index is 0.173. The van der Waals surface area contributed by atoms with Crippen LogP contribution in [0.3, 0.4) is 0 Å². The van der Waals surface area contributed by atoms with Gasteiger partial charge in [-0.1, -0.05) is 0 Å². The molecule has 1 fully saturated rings. The van der Waals surface area contributed by atoms with Gasteiger partial charge in [-0.05, 0) is 61.2 Å². The normalized spacial score (nSPS) is 17.8. The van der Waals surface area contributed by atoms with Crippen molar-refractivity contribution in [2.24, 2.45) is 5.92 Å². The zero-order valence-corrected chi connectivity index (χ0v) is 15.3. The van der Waals surface area contributed by atoms with Crippen molar-refractivity contribution in [1.82, 2.24) is 15.1 Å². The molecule has 0 bridgehead atoms. The number of rotatable bonds is 4. The minimum Gasteiger partial charge on any atom is -0.361 e. The van der Waals surface area contributed by atoms with E-state index >= 15 is 0 Å². The van der Waals surface area contributed by atoms with Gasteiger partial charge in [0.25, 0.3) is 5.91 Å². The summed E-state index contributed by atoms with van der Waals surface area (Å²) in [6.07, 6.45) is 3.09. The molecule has 1 unspecified atom stereocenters. The van der Waals surface area contributed by atoms with Crippen LogP contribution in [0.2, 0.25) is 0 Å². The van der Waals surface area contributed by atoms with Gasteiger partial charge in [0.15, 0.2) is 5.82 Å². The highest BCUT2D eigenvalue weighted by atomic mass is 32.1. The van der Waals surface area contributed by atoms with E-state index in [2.05, 4.69) is 10.2 Å². The van der Waals surface area contributed by atoms with Crippen LogP contribution in [-0.2, 0) is 6.42 Å². The topological polar surface area (TPSA) is 49.3 Å². The Labute approximate surface area is 147 Å². The van der Waals surface area contributed by atoms with Crippen molar-refractivity contribution in [2.75, 3.05) is 32.1 Å². The van der Waals surface area contributed by atoms with Crippen LogP contribution in [0.4, 0.5) is 5.82 Å². The predicted molar refractivity (Wildman–Crippen MR) is 97.7 cm³/mol. The lowest BCUT2D eigenvalue weighted by atomic mass is 9.93. The molecule has 0 aromatic carbocycles. The Hall–Kier alpha value is -1.95. The number of aryl methyl sites for hydroxylation is 1. The zero-order chi connectivity index (χ0) is 17.1. The zero-order valence-electron chi connectivity index (χ0n) is 14.5. The van der Waals surface area contributed by atoms with Gasteiger partial charge in [0.05, 0.1) is 10.6 Å². The van der Waals surface area contributed by atoms with Crippen LogP contribution in [0.5, 0.6) is 0 Å². The number of amides is 1. The van der Waals surface area contributed by atoms with Crippen LogP contribution in [0.25, 0.3) is 0 Å². The summed E-state index contributed by atoms with van der Waals surface area (Å²) in [7, 11) is 3.92. The lowest BCUT2D eigenvalue weighted by Crippen LogP contribution is -2.40. The number of hydrogen-bond donors (Lipinski definition) is 0. The first-order valence-corrected chi connectivity index (χ1v) is 9.25. The average Bonchev–Trinajstić information content (AvgIpc) is 3.01. The Kier molecular flexibility index (Phi) is 5.14. The van der Waals surface area contributed by atoms with Gasteiger partial charge in [-0.2, -0.15) is 5.10 Å². The Balaban J connectivity index is 1.62. The maximum absolute atomic E-state index is 12.6. The molecule has 2 aromatic heterocycles. The van der Waals surface area contributed by atoms with Crippen LogP contribution >= 0.6 is 11.3 Å². The molecule has 0 N–H and O–H groups in total. The fraction of sp³-hybridized carbons (Fsp3) is 0.500. The molecule has 0 spiro atoms. The smallest absolute Gasteiger partial charge is 0.263 e. The molecule has 1 aliphatic rings. The van der Waals surface area contributed by atoms with Crippen LogP contribution in [-0.4, -0.2) is 48.2 Å². The number of anilines is 1. The van der Waals surface area contributed by atoms with E-state index in [0.29, 0.717) is 5.92 Å². The molecule has 5 nitrogen and oxygen atoms in total. The number of carbonyl (C=O) groups excluding carboxylic acids is 1. The van der Waals surface area contributed by atoms with E-state index in [-0.39, 0.29) is 5.91 Å². The highest BCUT2D eigenvalue weighted by Crippen LogP contribution is 2.24. The molecule has 1 saturated heterocycles. The summed E-state index contributed by atoms with van der Waals surface area (Å²) in [4.78, 5) is 17.4. The summed E-state index contributed by atoms with van der Waals surface area (Å²) in [6, 6.07) is 6.04. The molecule has 3 heterocycles. The van der Waals surface area contributed by atoms with E-state index in [1.54, 1.807) is 11.3 Å². The SMILES string of the molecule is Cc1csc(C(=O)N2CCCC(Cc3ccc(N(C)C)nn3)C2)c1. The van der Waals surface area contributed by atoms with E-state index in [0.717, 1.165) is 54.3 Å². The molecule has 0 aliphatic carbocycles. The largest absolute Gasteiger partial charge is 0.361 e. The molecule has 1 aliphatic heterocycles. The second kappa shape index (κ2) is 7.30. The van der Waals surface area contributed by atoms with Crippen LogP contribution in [0.1, 0.15) is 33.8 Å². The number of piperidine rings is 1. The van der Waals surface area contributed by atoms with Crippen LogP contribution < -0.4 is 4.90 Å². The van der Waals surface area contributed by atoms with Gasteiger partial charge in [0.1, 0.15) is 0 Å². The average molecular weight is 344 g/mol. The summed E-state index contributed by atoms with van der Waals surface area (Å²) < 4.78 is 0. The first-order valence-electron chi connectivity index (χ1n) is 8.37. The lowest BCUT2D eigenvalue weighted by molar-refractivity contribution is 0.0677. The van der Waals surface area contributed by atoms with Gasteiger partial charge in [-0.3, -0.25) is 4.79 Å². The first kappa shape index (κ1) is 16.9. The monoisotopic (exact) mass is 344 g/mol. The minimum atomic E-state index is 0.173. The van der Waals surface area contributed by atoms with Gasteiger partial charge in [0, 0.05) is 27.2 Å². The summed E-state index contributed by atoms with van der Waals surface area (Å²) in [5.41, 5.74) is 2.17. The second-order valence-electron chi connectivity index (χ2n) is 6.73. The van der Waals surface area contributed by atoms with Crippen molar-refractivity contribution in [3.8, 4) is 0 Å². The number of likely N-dealkylation sites (tertiary alicyclic amines) is 1. The maximum atomic E-state index is 12.6. The highest BCUT2D eigenvalue weighted by Gasteiger charge is 2.25. The second-order valence-corrected chi connectivity index (χ2v) is 7.64. The van der Waals surface area contributed by atoms with E-state index in [1.807, 2.05) is 54.4 Å². The van der Waals surface area contributed by atoms with Crippen molar-refractivity contribution in [1.29, 1.82) is 0 Å². The van der Waals surface area contributed by atoms with E-state index in [1.165, 1.54) is 0 Å². The standard InChI is InChI=1S/C18H24N4OS/c1-13-9-16(24-12-13)18(23)22-8-4-5-14(11-22)10-15-6-7-17(20-19-15)21(2)3/h6-7,9,12,14H,4-5,8,10-11H2,1-3H3. The summed E-state index contributed by atoms with van der Waals surface area (Å²) in [5.74, 6) is 1.50. The first-order chi connectivity index (χ1) is 11.5. The summed E-state index contributed by atoms with van der Waals surface area (Å²) in [5, 5.41) is 10.6. The Morgan fingerprint density at radius 2 is 2.21 bits per heavy atom. The Bertz CT molecular complexity index is 695. The number of hydrogen-bond acceptors (Lipinski definition) is 5. The fourth-order valence-corrected chi connectivity index (χ4v) is 3.98. The molecule has 2 aromatic rings. The van der Waals surface area contributed by atoms with E-state index < -0.39 is 0 Å². The van der Waals surface area contributed by atoms with Crippen LogP contribution in [0, 0.1) is 12.8 Å². The van der Waals surface area contributed by atoms with Crippen molar-refractivity contribution in [2.45, 2.75) is 26.2 Å². The molecule has 0 saturated carbocycles. The third-order valence-corrected chi connectivity index (χ3v) is 5.45. The third-order valence-electron chi connectivity index (χ3n) is 4.41. The fourth-order valence-electron chi connectivity index (χ4n) is 3.11. The van der Waals surface area contributed by atoms with Gasteiger partial charge >= 0.3 is 0 Å². The highest BCUT2D eigenvalue weighted by molar-refractivity contribution is 7.12. The maximum Gasteiger partial charge on any atom is 0.263 e. The van der Waals surface area contributed by atoms with Gasteiger partial charge in [0.2, 0.25) is 0 Å². The number of aromatic nitrogens is 2. The predicted octanol–water partition coefficient (Wildman–Crippen LogP) is 3.01. The molecule has 3 rings (SSSR count). The summed E-state index contributed by atoms with van der Waals surface area (Å²) >= 11 is 1.54. The van der Waals surface area contributed by atoms with Crippen molar-refractivity contribution in [3.05, 3.63) is 39.7 Å². The number of nitrogens with zero attached hydrogens (tertiary/aromatic N) is 4. The Morgan fingerprint density at radius 3 is 2.83 bits per heavy atom. The van der Waals surface area contributed by atoms with E-state index in [9.17, 15) is 4.79 Å². The van der Waals surface area contributed by atoms with Crippen molar-refractivity contribution in [3.63, 3.8) is 0 Å². The van der Waals surface area contributed by atoms with Gasteiger partial charge in [-0.25, -0.2) is 0 Å². The lowest BCUT2D eigenvalue weighted by Gasteiger charge is -2.32. The molecule has 0 radical (unpaired) electrons. The van der Waals surface area contributed by atoms with Gasteiger partial charge < -0.3 is 9.80 Å². The molecule has 1 amide bonds. The molecule has 24 heavy (non-hydrogen) atoms. The van der Waals surface area contributed by atoms with Crippen molar-refractivity contribution >= 4 is 23.1 Å². The molecule has 1 atom stereocenters. The number of carbonyl (C=O) groups is 1. The Morgan fingerprint density at radius 1 is 1.38 bits per heavy atom.